The zero-order valence-corrected chi connectivity index (χ0v) is 12.8. The SMILES string of the molecule is CCOC1(C(O)Cc2cc(C)ccc2C)CCOCC1. The van der Waals surface area contributed by atoms with E-state index in [4.69, 9.17) is 9.47 Å². The molecule has 0 radical (unpaired) electrons. The third-order valence-corrected chi connectivity index (χ3v) is 4.30. The molecule has 1 fully saturated rings. The summed E-state index contributed by atoms with van der Waals surface area (Å²) >= 11 is 0. The maximum atomic E-state index is 10.7. The first kappa shape index (κ1) is 15.5. The minimum absolute atomic E-state index is 0.441. The van der Waals surface area contributed by atoms with E-state index in [0.29, 0.717) is 26.2 Å². The molecule has 1 saturated heterocycles. The molecule has 0 spiro atoms. The van der Waals surface area contributed by atoms with Gasteiger partial charge in [0.05, 0.1) is 11.7 Å². The van der Waals surface area contributed by atoms with E-state index < -0.39 is 11.7 Å². The van der Waals surface area contributed by atoms with Crippen LogP contribution in [0.1, 0.15) is 36.5 Å². The van der Waals surface area contributed by atoms with Crippen molar-refractivity contribution < 1.29 is 14.6 Å². The van der Waals surface area contributed by atoms with Crippen molar-refractivity contribution in [2.24, 2.45) is 0 Å². The largest absolute Gasteiger partial charge is 0.390 e. The molecule has 1 heterocycles. The lowest BCUT2D eigenvalue weighted by Crippen LogP contribution is -2.50. The van der Waals surface area contributed by atoms with E-state index in [1.165, 1.54) is 16.7 Å². The van der Waals surface area contributed by atoms with Crippen LogP contribution in [0.4, 0.5) is 0 Å². The Balaban J connectivity index is 2.15. The van der Waals surface area contributed by atoms with Crippen LogP contribution in [0.5, 0.6) is 0 Å². The fourth-order valence-corrected chi connectivity index (χ4v) is 2.99. The molecule has 1 unspecified atom stereocenters. The second-order valence-electron chi connectivity index (χ2n) is 5.76. The number of aliphatic hydroxyl groups is 1. The standard InChI is InChI=1S/C17H26O3/c1-4-20-17(7-9-19-10-8-17)16(18)12-15-11-13(2)5-6-14(15)3/h5-6,11,16,18H,4,7-10,12H2,1-3H3. The Hall–Kier alpha value is -0.900. The molecule has 1 N–H and O–H groups in total. The van der Waals surface area contributed by atoms with Crippen LogP contribution < -0.4 is 0 Å². The normalized spacial score (nSPS) is 19.8. The van der Waals surface area contributed by atoms with Crippen molar-refractivity contribution in [3.8, 4) is 0 Å². The van der Waals surface area contributed by atoms with Gasteiger partial charge in [-0.3, -0.25) is 0 Å². The Morgan fingerprint density at radius 1 is 1.30 bits per heavy atom. The average Bonchev–Trinajstić information content (AvgIpc) is 2.44. The number of ether oxygens (including phenoxy) is 2. The van der Waals surface area contributed by atoms with E-state index >= 15 is 0 Å². The van der Waals surface area contributed by atoms with E-state index in [1.807, 2.05) is 6.92 Å². The zero-order chi connectivity index (χ0) is 14.6. The Morgan fingerprint density at radius 3 is 2.65 bits per heavy atom. The minimum Gasteiger partial charge on any atom is -0.390 e. The Bertz CT molecular complexity index is 430. The van der Waals surface area contributed by atoms with Crippen molar-refractivity contribution in [1.29, 1.82) is 0 Å². The highest BCUT2D eigenvalue weighted by Crippen LogP contribution is 2.31. The lowest BCUT2D eigenvalue weighted by atomic mass is 9.83. The summed E-state index contributed by atoms with van der Waals surface area (Å²) in [5, 5.41) is 10.7. The average molecular weight is 278 g/mol. The van der Waals surface area contributed by atoms with Gasteiger partial charge in [0.15, 0.2) is 0 Å². The second kappa shape index (κ2) is 6.70. The van der Waals surface area contributed by atoms with Gasteiger partial charge in [-0.25, -0.2) is 0 Å². The van der Waals surface area contributed by atoms with Crippen LogP contribution in [0.2, 0.25) is 0 Å². The van der Waals surface area contributed by atoms with Gasteiger partial charge >= 0.3 is 0 Å². The van der Waals surface area contributed by atoms with Crippen molar-refractivity contribution in [1.82, 2.24) is 0 Å². The maximum absolute atomic E-state index is 10.7. The van der Waals surface area contributed by atoms with Gasteiger partial charge in [-0.2, -0.15) is 0 Å². The predicted molar refractivity (Wildman–Crippen MR) is 80.0 cm³/mol. The first-order valence-corrected chi connectivity index (χ1v) is 7.53. The summed E-state index contributed by atoms with van der Waals surface area (Å²) in [6, 6.07) is 6.39. The van der Waals surface area contributed by atoms with Crippen molar-refractivity contribution in [3.05, 3.63) is 34.9 Å². The van der Waals surface area contributed by atoms with Crippen LogP contribution in [0.25, 0.3) is 0 Å². The predicted octanol–water partition coefficient (Wildman–Crippen LogP) is 2.79. The summed E-state index contributed by atoms with van der Waals surface area (Å²) < 4.78 is 11.4. The van der Waals surface area contributed by atoms with Gasteiger partial charge in [0.25, 0.3) is 0 Å². The van der Waals surface area contributed by atoms with Crippen molar-refractivity contribution in [2.75, 3.05) is 19.8 Å². The van der Waals surface area contributed by atoms with E-state index in [2.05, 4.69) is 32.0 Å². The first-order valence-electron chi connectivity index (χ1n) is 7.53. The van der Waals surface area contributed by atoms with Crippen LogP contribution in [-0.4, -0.2) is 36.6 Å². The molecular formula is C17H26O3. The van der Waals surface area contributed by atoms with Gasteiger partial charge in [0, 0.05) is 39.1 Å². The highest BCUT2D eigenvalue weighted by molar-refractivity contribution is 5.31. The third-order valence-electron chi connectivity index (χ3n) is 4.30. The molecule has 1 aliphatic heterocycles. The fourth-order valence-electron chi connectivity index (χ4n) is 2.99. The number of aliphatic hydroxyl groups excluding tert-OH is 1. The van der Waals surface area contributed by atoms with Gasteiger partial charge in [-0.1, -0.05) is 23.8 Å². The molecule has 1 aromatic carbocycles. The molecule has 1 aromatic rings. The molecule has 112 valence electrons. The number of rotatable bonds is 5. The topological polar surface area (TPSA) is 38.7 Å². The summed E-state index contributed by atoms with van der Waals surface area (Å²) in [6.07, 6.45) is 1.71. The third kappa shape index (κ3) is 3.40. The molecular weight excluding hydrogens is 252 g/mol. The molecule has 1 aliphatic rings. The first-order chi connectivity index (χ1) is 9.57. The number of hydrogen-bond acceptors (Lipinski definition) is 3. The summed E-state index contributed by atoms with van der Waals surface area (Å²) in [7, 11) is 0. The monoisotopic (exact) mass is 278 g/mol. The lowest BCUT2D eigenvalue weighted by molar-refractivity contribution is -0.165. The fraction of sp³-hybridized carbons (Fsp3) is 0.647. The van der Waals surface area contributed by atoms with Gasteiger partial charge in [0.2, 0.25) is 0 Å². The Labute approximate surface area is 121 Å². The summed E-state index contributed by atoms with van der Waals surface area (Å²) in [5.74, 6) is 0. The molecule has 0 saturated carbocycles. The van der Waals surface area contributed by atoms with Gasteiger partial charge in [0.1, 0.15) is 0 Å². The van der Waals surface area contributed by atoms with Gasteiger partial charge in [-0.15, -0.1) is 0 Å². The smallest absolute Gasteiger partial charge is 0.0987 e. The van der Waals surface area contributed by atoms with Crippen molar-refractivity contribution in [2.45, 2.75) is 51.7 Å². The molecule has 1 atom stereocenters. The van der Waals surface area contributed by atoms with Gasteiger partial charge in [-0.05, 0) is 31.9 Å². The van der Waals surface area contributed by atoms with Crippen molar-refractivity contribution >= 4 is 0 Å². The molecule has 3 heteroatoms. The van der Waals surface area contributed by atoms with Crippen LogP contribution in [0.3, 0.4) is 0 Å². The summed E-state index contributed by atoms with van der Waals surface area (Å²) in [5.41, 5.74) is 3.23. The van der Waals surface area contributed by atoms with Crippen LogP contribution in [0.15, 0.2) is 18.2 Å². The molecule has 3 nitrogen and oxygen atoms in total. The Kier molecular flexibility index (Phi) is 5.19. The quantitative estimate of drug-likeness (QED) is 0.900. The summed E-state index contributed by atoms with van der Waals surface area (Å²) in [4.78, 5) is 0. The highest BCUT2D eigenvalue weighted by Gasteiger charge is 2.40. The van der Waals surface area contributed by atoms with E-state index in [0.717, 1.165) is 12.8 Å². The molecule has 20 heavy (non-hydrogen) atoms. The number of benzene rings is 1. The Morgan fingerprint density at radius 2 is 2.00 bits per heavy atom. The molecule has 0 bridgehead atoms. The number of hydrogen-bond donors (Lipinski definition) is 1. The molecule has 0 amide bonds. The highest BCUT2D eigenvalue weighted by atomic mass is 16.5. The van der Waals surface area contributed by atoms with Crippen molar-refractivity contribution in [3.63, 3.8) is 0 Å². The van der Waals surface area contributed by atoms with E-state index in [9.17, 15) is 5.11 Å². The van der Waals surface area contributed by atoms with Crippen LogP contribution in [0, 0.1) is 13.8 Å². The minimum atomic E-state index is -0.480. The maximum Gasteiger partial charge on any atom is 0.0987 e. The zero-order valence-electron chi connectivity index (χ0n) is 12.8. The molecule has 2 rings (SSSR count). The molecule has 0 aliphatic carbocycles. The van der Waals surface area contributed by atoms with E-state index in [1.54, 1.807) is 0 Å². The second-order valence-corrected chi connectivity index (χ2v) is 5.76. The van der Waals surface area contributed by atoms with Crippen LogP contribution >= 0.6 is 0 Å². The van der Waals surface area contributed by atoms with Gasteiger partial charge < -0.3 is 14.6 Å². The van der Waals surface area contributed by atoms with Crippen LogP contribution in [-0.2, 0) is 15.9 Å². The molecule has 0 aromatic heterocycles. The van der Waals surface area contributed by atoms with E-state index in [-0.39, 0.29) is 0 Å². The lowest BCUT2D eigenvalue weighted by Gasteiger charge is -2.40. The number of aryl methyl sites for hydroxylation is 2. The summed E-state index contributed by atoms with van der Waals surface area (Å²) in [6.45, 7) is 8.14.